The molecule has 1 aliphatic heterocycles. The molecule has 0 unspecified atom stereocenters. The Morgan fingerprint density at radius 3 is 2.70 bits per heavy atom. The van der Waals surface area contributed by atoms with Crippen molar-refractivity contribution in [3.05, 3.63) is 74.3 Å². The molecule has 0 bridgehead atoms. The van der Waals surface area contributed by atoms with Gasteiger partial charge in [-0.05, 0) is 44.0 Å². The van der Waals surface area contributed by atoms with Crippen LogP contribution in [0, 0.1) is 10.1 Å². The molecule has 0 aliphatic carbocycles. The molecule has 1 fully saturated rings. The van der Waals surface area contributed by atoms with Crippen molar-refractivity contribution in [3.8, 4) is 0 Å². The number of nitrogens with zero attached hydrogens (tertiary/aromatic N) is 3. The molecule has 2 aromatic carbocycles. The summed E-state index contributed by atoms with van der Waals surface area (Å²) >= 11 is 0. The van der Waals surface area contributed by atoms with Crippen LogP contribution in [0.3, 0.4) is 0 Å². The van der Waals surface area contributed by atoms with E-state index in [2.05, 4.69) is 9.97 Å². The molecule has 2 heterocycles. The minimum absolute atomic E-state index is 0.0691. The topological polar surface area (TPSA) is 118 Å². The number of para-hydroxylation sites is 1. The Hall–Kier alpha value is -3.75. The van der Waals surface area contributed by atoms with E-state index in [1.807, 2.05) is 4.90 Å². The van der Waals surface area contributed by atoms with Crippen LogP contribution in [0.25, 0.3) is 10.9 Å². The molecule has 1 atom stereocenters. The van der Waals surface area contributed by atoms with Gasteiger partial charge in [0, 0.05) is 19.2 Å². The van der Waals surface area contributed by atoms with Crippen molar-refractivity contribution < 1.29 is 14.5 Å². The van der Waals surface area contributed by atoms with Gasteiger partial charge in [0.05, 0.1) is 21.4 Å². The van der Waals surface area contributed by atoms with Crippen LogP contribution in [-0.4, -0.2) is 34.0 Å². The first kappa shape index (κ1) is 19.6. The summed E-state index contributed by atoms with van der Waals surface area (Å²) in [6, 6.07) is 11.2. The van der Waals surface area contributed by atoms with Crippen molar-refractivity contribution in [1.82, 2.24) is 9.97 Å². The first-order valence-corrected chi connectivity index (χ1v) is 9.67. The van der Waals surface area contributed by atoms with Crippen LogP contribution in [0.4, 0.5) is 11.4 Å². The fraction of sp³-hybridized carbons (Fsp3) is 0.286. The lowest BCUT2D eigenvalue weighted by atomic mass is 10.1. The van der Waals surface area contributed by atoms with Crippen LogP contribution in [0.1, 0.15) is 42.1 Å². The van der Waals surface area contributed by atoms with E-state index in [-0.39, 0.29) is 22.6 Å². The number of rotatable bonds is 5. The number of hydrogen-bond acceptors (Lipinski definition) is 7. The quantitative estimate of drug-likeness (QED) is 0.391. The number of hydrogen-bond donors (Lipinski definition) is 1. The van der Waals surface area contributed by atoms with Crippen molar-refractivity contribution in [2.24, 2.45) is 0 Å². The number of aromatic amines is 1. The highest BCUT2D eigenvalue weighted by Crippen LogP contribution is 2.32. The number of carbonyl (C=O) groups is 1. The lowest BCUT2D eigenvalue weighted by molar-refractivity contribution is -0.384. The minimum atomic E-state index is -0.841. The highest BCUT2D eigenvalue weighted by atomic mass is 16.6. The highest BCUT2D eigenvalue weighted by Gasteiger charge is 2.25. The van der Waals surface area contributed by atoms with Gasteiger partial charge in [-0.2, -0.15) is 0 Å². The van der Waals surface area contributed by atoms with Gasteiger partial charge in [0.2, 0.25) is 0 Å². The predicted octanol–water partition coefficient (Wildman–Crippen LogP) is 3.35. The summed E-state index contributed by atoms with van der Waals surface area (Å²) in [4.78, 5) is 44.8. The van der Waals surface area contributed by atoms with Crippen LogP contribution in [0.15, 0.2) is 47.3 Å². The summed E-state index contributed by atoms with van der Waals surface area (Å²) in [6.07, 6.45) is 1.12. The van der Waals surface area contributed by atoms with E-state index >= 15 is 0 Å². The number of nitro benzene ring substituents is 1. The average Bonchev–Trinajstić information content (AvgIpc) is 3.28. The van der Waals surface area contributed by atoms with Gasteiger partial charge in [0.25, 0.3) is 11.2 Å². The van der Waals surface area contributed by atoms with Gasteiger partial charge in [-0.3, -0.25) is 14.9 Å². The number of benzene rings is 2. The first-order chi connectivity index (χ1) is 14.4. The summed E-state index contributed by atoms with van der Waals surface area (Å²) in [5.41, 5.74) is 0.604. The molecule has 154 valence electrons. The fourth-order valence-electron chi connectivity index (χ4n) is 3.60. The zero-order valence-electron chi connectivity index (χ0n) is 16.3. The molecule has 1 aromatic heterocycles. The predicted molar refractivity (Wildman–Crippen MR) is 111 cm³/mol. The van der Waals surface area contributed by atoms with Crippen LogP contribution >= 0.6 is 0 Å². The number of carbonyl (C=O) groups excluding carboxylic acids is 1. The number of ether oxygens (including phenoxy) is 1. The lowest BCUT2D eigenvalue weighted by Gasteiger charge is -2.18. The molecule has 1 N–H and O–H groups in total. The van der Waals surface area contributed by atoms with Gasteiger partial charge in [0.15, 0.2) is 11.9 Å². The Morgan fingerprint density at radius 2 is 1.97 bits per heavy atom. The lowest BCUT2D eigenvalue weighted by Crippen LogP contribution is -2.20. The van der Waals surface area contributed by atoms with Gasteiger partial charge in [0.1, 0.15) is 5.69 Å². The van der Waals surface area contributed by atoms with E-state index in [0.717, 1.165) is 25.9 Å². The monoisotopic (exact) mass is 408 g/mol. The molecule has 9 nitrogen and oxygen atoms in total. The van der Waals surface area contributed by atoms with E-state index in [1.165, 1.54) is 12.1 Å². The number of anilines is 1. The molecule has 0 spiro atoms. The third-order valence-electron chi connectivity index (χ3n) is 5.15. The Bertz CT molecular complexity index is 1180. The molecular formula is C21H20N4O5. The number of aromatic nitrogens is 2. The van der Waals surface area contributed by atoms with Crippen LogP contribution in [-0.2, 0) is 4.74 Å². The Kier molecular flexibility index (Phi) is 5.18. The Labute approximate surface area is 171 Å². The third kappa shape index (κ3) is 3.73. The minimum Gasteiger partial charge on any atom is -0.451 e. The zero-order valence-corrected chi connectivity index (χ0v) is 16.3. The second-order valence-electron chi connectivity index (χ2n) is 7.17. The largest absolute Gasteiger partial charge is 0.451 e. The molecular weight excluding hydrogens is 388 g/mol. The SMILES string of the molecule is C[C@@H](OC(=O)c1ccc(N2CCCC2)c([N+](=O)[O-])c1)c1nc2ccccc2c(=O)[nH]1. The summed E-state index contributed by atoms with van der Waals surface area (Å²) in [5.74, 6) is -0.524. The van der Waals surface area contributed by atoms with E-state index < -0.39 is 17.0 Å². The van der Waals surface area contributed by atoms with E-state index in [1.54, 1.807) is 37.3 Å². The summed E-state index contributed by atoms with van der Waals surface area (Å²) in [6.45, 7) is 3.09. The molecule has 30 heavy (non-hydrogen) atoms. The number of H-pyrrole nitrogens is 1. The van der Waals surface area contributed by atoms with Crippen LogP contribution < -0.4 is 10.5 Å². The molecule has 1 aliphatic rings. The summed E-state index contributed by atoms with van der Waals surface area (Å²) in [7, 11) is 0. The second-order valence-corrected chi connectivity index (χ2v) is 7.17. The van der Waals surface area contributed by atoms with Crippen molar-refractivity contribution in [3.63, 3.8) is 0 Å². The van der Waals surface area contributed by atoms with Gasteiger partial charge in [-0.15, -0.1) is 0 Å². The molecule has 3 aromatic rings. The first-order valence-electron chi connectivity index (χ1n) is 9.67. The highest BCUT2D eigenvalue weighted by molar-refractivity contribution is 5.91. The van der Waals surface area contributed by atoms with Crippen molar-refractivity contribution >= 4 is 28.2 Å². The number of nitrogens with one attached hydrogen (secondary N) is 1. The second kappa shape index (κ2) is 7.94. The van der Waals surface area contributed by atoms with Gasteiger partial charge < -0.3 is 14.6 Å². The standard InChI is InChI=1S/C21H20N4O5/c1-13(19-22-16-7-3-2-6-15(16)20(26)23-19)30-21(27)14-8-9-17(18(12-14)25(28)29)24-10-4-5-11-24/h2-3,6-9,12-13H,4-5,10-11H2,1H3,(H,22,23,26)/t13-/m1/s1. The third-order valence-corrected chi connectivity index (χ3v) is 5.15. The summed E-state index contributed by atoms with van der Waals surface area (Å²) in [5, 5.41) is 12.0. The molecule has 0 amide bonds. The van der Waals surface area contributed by atoms with Crippen molar-refractivity contribution in [1.29, 1.82) is 0 Å². The molecule has 4 rings (SSSR count). The number of esters is 1. The van der Waals surface area contributed by atoms with E-state index in [9.17, 15) is 19.7 Å². The molecule has 9 heteroatoms. The maximum atomic E-state index is 12.6. The maximum absolute atomic E-state index is 12.6. The molecule has 0 saturated carbocycles. The van der Waals surface area contributed by atoms with Crippen molar-refractivity contribution in [2.45, 2.75) is 25.9 Å². The number of fused-ring (bicyclic) bond motifs is 1. The Balaban J connectivity index is 1.58. The maximum Gasteiger partial charge on any atom is 0.339 e. The van der Waals surface area contributed by atoms with E-state index in [0.29, 0.717) is 16.6 Å². The van der Waals surface area contributed by atoms with Gasteiger partial charge in [-0.1, -0.05) is 12.1 Å². The normalized spacial score (nSPS) is 14.6. The van der Waals surface area contributed by atoms with Crippen LogP contribution in [0.2, 0.25) is 0 Å². The number of nitro groups is 1. The molecule has 0 radical (unpaired) electrons. The van der Waals surface area contributed by atoms with Gasteiger partial charge >= 0.3 is 5.97 Å². The smallest absolute Gasteiger partial charge is 0.339 e. The van der Waals surface area contributed by atoms with Gasteiger partial charge in [-0.25, -0.2) is 9.78 Å². The summed E-state index contributed by atoms with van der Waals surface area (Å²) < 4.78 is 5.42. The average molecular weight is 408 g/mol. The van der Waals surface area contributed by atoms with E-state index in [4.69, 9.17) is 4.74 Å². The zero-order chi connectivity index (χ0) is 21.3. The van der Waals surface area contributed by atoms with Crippen LogP contribution in [0.5, 0.6) is 0 Å². The Morgan fingerprint density at radius 1 is 1.23 bits per heavy atom. The molecule has 1 saturated heterocycles. The van der Waals surface area contributed by atoms with Crippen molar-refractivity contribution in [2.75, 3.05) is 18.0 Å². The fourth-order valence-corrected chi connectivity index (χ4v) is 3.60.